The van der Waals surface area contributed by atoms with E-state index in [1.807, 2.05) is 32.2 Å². The average molecular weight is 266 g/mol. The van der Waals surface area contributed by atoms with Gasteiger partial charge >= 0.3 is 0 Å². The van der Waals surface area contributed by atoms with Crippen LogP contribution in [0.15, 0.2) is 17.2 Å². The molecule has 1 aromatic heterocycles. The van der Waals surface area contributed by atoms with Crippen LogP contribution in [0.1, 0.15) is 37.4 Å². The summed E-state index contributed by atoms with van der Waals surface area (Å²) in [7, 11) is 0. The van der Waals surface area contributed by atoms with Gasteiger partial charge in [-0.1, -0.05) is 0 Å². The summed E-state index contributed by atoms with van der Waals surface area (Å²) in [5, 5.41) is 5.86. The highest BCUT2D eigenvalue weighted by atomic mass is 32.1. The third-order valence-corrected chi connectivity index (χ3v) is 4.02. The van der Waals surface area contributed by atoms with Gasteiger partial charge in [0.2, 0.25) is 0 Å². The standard InChI is InChI=1S/C13H18N2O2S/c1-9-8-18-12(14-9)13(2,3)15-11(16)10-6-4-5-7-17-10/h6,8H,4-5,7H2,1-3H3,(H,15,16). The lowest BCUT2D eigenvalue weighted by molar-refractivity contribution is -0.122. The lowest BCUT2D eigenvalue weighted by Gasteiger charge is -2.25. The number of nitrogens with zero attached hydrogens (tertiary/aromatic N) is 1. The minimum absolute atomic E-state index is 0.160. The van der Waals surface area contributed by atoms with Crippen LogP contribution < -0.4 is 5.32 Å². The summed E-state index contributed by atoms with van der Waals surface area (Å²) in [6, 6.07) is 0. The van der Waals surface area contributed by atoms with E-state index in [9.17, 15) is 4.79 Å². The van der Waals surface area contributed by atoms with Crippen LogP contribution in [0, 0.1) is 6.92 Å². The van der Waals surface area contributed by atoms with E-state index >= 15 is 0 Å². The third-order valence-electron chi connectivity index (χ3n) is 2.74. The fraction of sp³-hybridized carbons (Fsp3) is 0.538. The maximum Gasteiger partial charge on any atom is 0.286 e. The molecule has 1 amide bonds. The maximum atomic E-state index is 12.1. The Balaban J connectivity index is 2.08. The van der Waals surface area contributed by atoms with E-state index in [-0.39, 0.29) is 5.91 Å². The van der Waals surface area contributed by atoms with Crippen LogP contribution in [-0.2, 0) is 15.1 Å². The fourth-order valence-corrected chi connectivity index (χ4v) is 2.63. The molecule has 0 saturated carbocycles. The molecule has 0 aromatic carbocycles. The van der Waals surface area contributed by atoms with E-state index in [1.54, 1.807) is 11.3 Å². The Kier molecular flexibility index (Phi) is 3.71. The number of hydrogen-bond acceptors (Lipinski definition) is 4. The highest BCUT2D eigenvalue weighted by Gasteiger charge is 2.28. The van der Waals surface area contributed by atoms with Crippen molar-refractivity contribution in [2.75, 3.05) is 6.61 Å². The van der Waals surface area contributed by atoms with Gasteiger partial charge in [0.25, 0.3) is 5.91 Å². The van der Waals surface area contributed by atoms with Crippen molar-refractivity contribution in [3.05, 3.63) is 27.9 Å². The number of allylic oxidation sites excluding steroid dienone is 1. The number of rotatable bonds is 3. The number of carbonyl (C=O) groups excluding carboxylic acids is 1. The molecule has 0 fully saturated rings. The van der Waals surface area contributed by atoms with Gasteiger partial charge in [-0.3, -0.25) is 4.79 Å². The number of ether oxygens (including phenoxy) is 1. The summed E-state index contributed by atoms with van der Waals surface area (Å²) in [5.74, 6) is 0.273. The second-order valence-corrected chi connectivity index (χ2v) is 5.79. The lowest BCUT2D eigenvalue weighted by Crippen LogP contribution is -2.42. The summed E-state index contributed by atoms with van der Waals surface area (Å²) in [6.45, 7) is 6.47. The molecule has 1 aliphatic rings. The minimum atomic E-state index is -0.475. The van der Waals surface area contributed by atoms with Crippen molar-refractivity contribution in [2.45, 2.75) is 39.2 Å². The van der Waals surface area contributed by atoms with E-state index < -0.39 is 5.54 Å². The third kappa shape index (κ3) is 2.90. The Morgan fingerprint density at radius 2 is 2.33 bits per heavy atom. The quantitative estimate of drug-likeness (QED) is 0.914. The monoisotopic (exact) mass is 266 g/mol. The number of aromatic nitrogens is 1. The van der Waals surface area contributed by atoms with Crippen LogP contribution in [0.2, 0.25) is 0 Å². The van der Waals surface area contributed by atoms with E-state index in [4.69, 9.17) is 4.74 Å². The lowest BCUT2D eigenvalue weighted by atomic mass is 10.1. The predicted molar refractivity (Wildman–Crippen MR) is 71.3 cm³/mol. The molecule has 98 valence electrons. The first kappa shape index (κ1) is 13.1. The molecule has 18 heavy (non-hydrogen) atoms. The van der Waals surface area contributed by atoms with Crippen molar-refractivity contribution in [3.8, 4) is 0 Å². The number of carbonyl (C=O) groups is 1. The fourth-order valence-electron chi connectivity index (χ4n) is 1.76. The molecule has 0 atom stereocenters. The van der Waals surface area contributed by atoms with E-state index in [2.05, 4.69) is 10.3 Å². The first-order chi connectivity index (χ1) is 8.49. The number of aryl methyl sites for hydroxylation is 1. The number of hydrogen-bond donors (Lipinski definition) is 1. The van der Waals surface area contributed by atoms with Gasteiger partial charge in [-0.15, -0.1) is 11.3 Å². The van der Waals surface area contributed by atoms with Crippen molar-refractivity contribution in [1.82, 2.24) is 10.3 Å². The molecule has 5 heteroatoms. The molecule has 0 radical (unpaired) electrons. The van der Waals surface area contributed by atoms with Crippen molar-refractivity contribution < 1.29 is 9.53 Å². The van der Waals surface area contributed by atoms with Gasteiger partial charge in [0.05, 0.1) is 12.1 Å². The molecule has 2 heterocycles. The molecule has 1 aromatic rings. The number of thiazole rings is 1. The zero-order valence-corrected chi connectivity index (χ0v) is 11.8. The van der Waals surface area contributed by atoms with Crippen molar-refractivity contribution in [3.63, 3.8) is 0 Å². The van der Waals surface area contributed by atoms with E-state index in [0.29, 0.717) is 12.4 Å². The molecule has 0 unspecified atom stereocenters. The van der Waals surface area contributed by atoms with Crippen molar-refractivity contribution in [2.24, 2.45) is 0 Å². The second kappa shape index (κ2) is 5.10. The smallest absolute Gasteiger partial charge is 0.286 e. The molecule has 0 aliphatic carbocycles. The Labute approximate surface area is 111 Å². The van der Waals surface area contributed by atoms with E-state index in [0.717, 1.165) is 23.5 Å². The molecule has 2 rings (SSSR count). The topological polar surface area (TPSA) is 51.2 Å². The van der Waals surface area contributed by atoms with Crippen LogP contribution in [0.25, 0.3) is 0 Å². The highest BCUT2D eigenvalue weighted by Crippen LogP contribution is 2.24. The summed E-state index contributed by atoms with van der Waals surface area (Å²) < 4.78 is 5.36. The zero-order chi connectivity index (χ0) is 13.2. The van der Waals surface area contributed by atoms with Gasteiger partial charge < -0.3 is 10.1 Å². The largest absolute Gasteiger partial charge is 0.488 e. The molecular weight excluding hydrogens is 248 g/mol. The molecule has 4 nitrogen and oxygen atoms in total. The van der Waals surface area contributed by atoms with Crippen LogP contribution >= 0.6 is 11.3 Å². The van der Waals surface area contributed by atoms with Gasteiger partial charge in [-0.05, 0) is 39.7 Å². The summed E-state index contributed by atoms with van der Waals surface area (Å²) in [6.07, 6.45) is 3.73. The normalized spacial score (nSPS) is 15.8. The SMILES string of the molecule is Cc1csc(C(C)(C)NC(=O)C2=CCCCO2)n1. The summed E-state index contributed by atoms with van der Waals surface area (Å²) in [5.41, 5.74) is 0.503. The Bertz CT molecular complexity index is 477. The maximum absolute atomic E-state index is 12.1. The van der Waals surface area contributed by atoms with Gasteiger partial charge in [-0.25, -0.2) is 4.98 Å². The summed E-state index contributed by atoms with van der Waals surface area (Å²) in [4.78, 5) is 16.5. The van der Waals surface area contributed by atoms with Crippen LogP contribution in [0.5, 0.6) is 0 Å². The number of nitrogens with one attached hydrogen (secondary N) is 1. The first-order valence-corrected chi connectivity index (χ1v) is 6.95. The van der Waals surface area contributed by atoms with Gasteiger partial charge in [-0.2, -0.15) is 0 Å². The van der Waals surface area contributed by atoms with Crippen LogP contribution in [0.3, 0.4) is 0 Å². The Hall–Kier alpha value is -1.36. The summed E-state index contributed by atoms with van der Waals surface area (Å²) >= 11 is 1.56. The molecule has 1 N–H and O–H groups in total. The highest BCUT2D eigenvalue weighted by molar-refractivity contribution is 7.09. The number of amides is 1. The van der Waals surface area contributed by atoms with E-state index in [1.165, 1.54) is 0 Å². The zero-order valence-electron chi connectivity index (χ0n) is 10.9. The molecule has 0 saturated heterocycles. The van der Waals surface area contributed by atoms with Crippen LogP contribution in [-0.4, -0.2) is 17.5 Å². The first-order valence-electron chi connectivity index (χ1n) is 6.07. The second-order valence-electron chi connectivity index (χ2n) is 4.93. The van der Waals surface area contributed by atoms with Gasteiger partial charge in [0.15, 0.2) is 5.76 Å². The molecule has 0 bridgehead atoms. The predicted octanol–water partition coefficient (Wildman–Crippen LogP) is 2.50. The van der Waals surface area contributed by atoms with Gasteiger partial charge in [0, 0.05) is 11.1 Å². The van der Waals surface area contributed by atoms with Crippen molar-refractivity contribution >= 4 is 17.2 Å². The minimum Gasteiger partial charge on any atom is -0.488 e. The Morgan fingerprint density at radius 1 is 1.56 bits per heavy atom. The molecular formula is C13H18N2O2S. The Morgan fingerprint density at radius 3 is 2.89 bits per heavy atom. The van der Waals surface area contributed by atoms with Crippen molar-refractivity contribution in [1.29, 1.82) is 0 Å². The molecule has 0 spiro atoms. The van der Waals surface area contributed by atoms with Crippen LogP contribution in [0.4, 0.5) is 0 Å². The van der Waals surface area contributed by atoms with Gasteiger partial charge in [0.1, 0.15) is 5.01 Å². The average Bonchev–Trinajstić information content (AvgIpc) is 2.77. The molecule has 1 aliphatic heterocycles.